The van der Waals surface area contributed by atoms with Crippen LogP contribution in [-0.4, -0.2) is 11.5 Å². The van der Waals surface area contributed by atoms with Gasteiger partial charge < -0.3 is 10.7 Å². The molecule has 80 valence electrons. The molecule has 1 heterocycles. The Labute approximate surface area is 83.1 Å². The van der Waals surface area contributed by atoms with Crippen molar-refractivity contribution < 1.29 is 13.2 Å². The summed E-state index contributed by atoms with van der Waals surface area (Å²) < 4.78 is 36.8. The quantitative estimate of drug-likeness (QED) is 0.627. The summed E-state index contributed by atoms with van der Waals surface area (Å²) in [4.78, 5) is 12.8. The lowest BCUT2D eigenvalue weighted by atomic mass is 10.2. The minimum absolute atomic E-state index is 0.0421. The lowest BCUT2D eigenvalue weighted by Gasteiger charge is -2.04. The number of hydrogen-bond donors (Lipinski definition) is 2. The molecule has 0 aliphatic heterocycles. The third-order valence-corrected chi connectivity index (χ3v) is 1.54. The van der Waals surface area contributed by atoms with Crippen LogP contribution in [0.25, 0.3) is 0 Å². The summed E-state index contributed by atoms with van der Waals surface area (Å²) in [6.07, 6.45) is -3.56. The van der Waals surface area contributed by atoms with Gasteiger partial charge in [-0.25, -0.2) is 0 Å². The second-order valence-corrected chi connectivity index (χ2v) is 2.63. The Morgan fingerprint density at radius 2 is 2.13 bits per heavy atom. The molecule has 0 atom stereocenters. The van der Waals surface area contributed by atoms with Crippen LogP contribution in [0.1, 0.15) is 11.1 Å². The van der Waals surface area contributed by atoms with Gasteiger partial charge in [-0.3, -0.25) is 4.79 Å². The van der Waals surface area contributed by atoms with Crippen molar-refractivity contribution in [2.45, 2.75) is 6.18 Å². The number of nitrogens with one attached hydrogen (secondary N) is 1. The Morgan fingerprint density at radius 1 is 1.47 bits per heavy atom. The van der Waals surface area contributed by atoms with Crippen LogP contribution >= 0.6 is 0 Å². The highest BCUT2D eigenvalue weighted by Crippen LogP contribution is 2.26. The zero-order valence-electron chi connectivity index (χ0n) is 7.48. The molecule has 3 N–H and O–H groups in total. The van der Waals surface area contributed by atoms with Gasteiger partial charge >= 0.3 is 6.18 Å². The van der Waals surface area contributed by atoms with Crippen LogP contribution in [0, 0.1) is 11.8 Å². The average molecular weight is 216 g/mol. The van der Waals surface area contributed by atoms with Crippen LogP contribution in [-0.2, 0) is 6.18 Å². The number of aromatic amines is 1. The minimum Gasteiger partial charge on any atom is -0.327 e. The number of H-pyrrole nitrogens is 1. The van der Waals surface area contributed by atoms with Crippen molar-refractivity contribution in [3.63, 3.8) is 0 Å². The van der Waals surface area contributed by atoms with Crippen molar-refractivity contribution in [1.29, 1.82) is 0 Å². The van der Waals surface area contributed by atoms with E-state index in [9.17, 15) is 18.0 Å². The van der Waals surface area contributed by atoms with Crippen molar-refractivity contribution in [3.8, 4) is 11.8 Å². The van der Waals surface area contributed by atoms with Crippen molar-refractivity contribution in [3.05, 3.63) is 33.7 Å². The molecule has 1 aromatic heterocycles. The summed E-state index contributed by atoms with van der Waals surface area (Å²) in [5.41, 5.74) is 2.70. The first kappa shape index (κ1) is 11.3. The zero-order valence-corrected chi connectivity index (χ0v) is 7.48. The molecular formula is C9H7F3N2O. The van der Waals surface area contributed by atoms with E-state index in [1.54, 1.807) is 0 Å². The Morgan fingerprint density at radius 3 is 2.67 bits per heavy atom. The van der Waals surface area contributed by atoms with E-state index in [2.05, 4.69) is 11.8 Å². The largest absolute Gasteiger partial charge is 0.421 e. The summed E-state index contributed by atoms with van der Waals surface area (Å²) in [5.74, 6) is 4.79. The summed E-state index contributed by atoms with van der Waals surface area (Å²) in [7, 11) is 0. The van der Waals surface area contributed by atoms with Crippen LogP contribution in [0.2, 0.25) is 0 Å². The topological polar surface area (TPSA) is 58.9 Å². The van der Waals surface area contributed by atoms with Crippen LogP contribution in [0.3, 0.4) is 0 Å². The van der Waals surface area contributed by atoms with Crippen LogP contribution < -0.4 is 11.3 Å². The first-order valence-electron chi connectivity index (χ1n) is 3.94. The van der Waals surface area contributed by atoms with Gasteiger partial charge in [0, 0.05) is 11.8 Å². The molecule has 0 aliphatic carbocycles. The minimum atomic E-state index is -4.67. The number of rotatable bonds is 0. The van der Waals surface area contributed by atoms with Gasteiger partial charge in [-0.2, -0.15) is 13.2 Å². The van der Waals surface area contributed by atoms with E-state index in [1.807, 2.05) is 4.98 Å². The summed E-state index contributed by atoms with van der Waals surface area (Å²) in [6, 6.07) is 0.696. The second-order valence-electron chi connectivity index (χ2n) is 2.63. The van der Waals surface area contributed by atoms with Gasteiger partial charge in [0.1, 0.15) is 5.56 Å². The lowest BCUT2D eigenvalue weighted by molar-refractivity contribution is -0.138. The Bertz CT molecular complexity index is 465. The van der Waals surface area contributed by atoms with Crippen LogP contribution in [0.5, 0.6) is 0 Å². The normalized spacial score (nSPS) is 10.7. The van der Waals surface area contributed by atoms with E-state index < -0.39 is 17.3 Å². The molecule has 0 saturated carbocycles. The van der Waals surface area contributed by atoms with Crippen molar-refractivity contribution in [2.24, 2.45) is 5.73 Å². The maximum atomic E-state index is 12.3. The number of nitrogens with two attached hydrogens (primary N) is 1. The molecule has 0 saturated heterocycles. The molecule has 6 heteroatoms. The fourth-order valence-electron chi connectivity index (χ4n) is 0.920. The average Bonchev–Trinajstić information content (AvgIpc) is 2.15. The molecule has 1 rings (SSSR count). The molecule has 0 bridgehead atoms. The maximum absolute atomic E-state index is 12.3. The molecule has 0 spiro atoms. The summed E-state index contributed by atoms with van der Waals surface area (Å²) >= 11 is 0. The number of halogens is 3. The van der Waals surface area contributed by atoms with Gasteiger partial charge in [-0.15, -0.1) is 0 Å². The number of pyridine rings is 1. The second kappa shape index (κ2) is 4.19. The maximum Gasteiger partial charge on any atom is 0.421 e. The van der Waals surface area contributed by atoms with Crippen molar-refractivity contribution in [1.82, 2.24) is 4.98 Å². The predicted octanol–water partition coefficient (Wildman–Crippen LogP) is 0.704. The zero-order chi connectivity index (χ0) is 11.5. The molecular weight excluding hydrogens is 209 g/mol. The van der Waals surface area contributed by atoms with Crippen molar-refractivity contribution in [2.75, 3.05) is 6.54 Å². The molecule has 0 fully saturated rings. The molecule has 1 aromatic rings. The highest BCUT2D eigenvalue weighted by Gasteiger charge is 2.33. The smallest absolute Gasteiger partial charge is 0.327 e. The van der Waals surface area contributed by atoms with Crippen LogP contribution in [0.15, 0.2) is 17.1 Å². The van der Waals surface area contributed by atoms with E-state index >= 15 is 0 Å². The lowest BCUT2D eigenvalue weighted by Crippen LogP contribution is -2.21. The predicted molar refractivity (Wildman–Crippen MR) is 48.0 cm³/mol. The van der Waals surface area contributed by atoms with E-state index in [0.717, 1.165) is 6.20 Å². The molecule has 0 amide bonds. The van der Waals surface area contributed by atoms with E-state index in [0.29, 0.717) is 6.07 Å². The molecule has 3 nitrogen and oxygen atoms in total. The molecule has 0 aliphatic rings. The number of alkyl halides is 3. The number of hydrogen-bond acceptors (Lipinski definition) is 2. The fraction of sp³-hybridized carbons (Fsp3) is 0.222. The molecule has 0 radical (unpaired) electrons. The Hall–Kier alpha value is -1.74. The van der Waals surface area contributed by atoms with Gasteiger partial charge in [0.15, 0.2) is 0 Å². The fourth-order valence-corrected chi connectivity index (χ4v) is 0.920. The molecule has 0 unspecified atom stereocenters. The Kier molecular flexibility index (Phi) is 3.17. The standard InChI is InChI=1S/C9H7F3N2O/c10-9(11,12)7-4-6(2-1-3-13)5-14-8(7)15/h4-5H,3,13H2,(H,14,15). The first-order valence-corrected chi connectivity index (χ1v) is 3.94. The monoisotopic (exact) mass is 216 g/mol. The first-order chi connectivity index (χ1) is 6.95. The molecule has 0 aromatic carbocycles. The SMILES string of the molecule is NCC#Cc1c[nH]c(=O)c(C(F)(F)F)c1. The van der Waals surface area contributed by atoms with Gasteiger partial charge in [0.05, 0.1) is 6.54 Å². The van der Waals surface area contributed by atoms with Crippen LogP contribution in [0.4, 0.5) is 13.2 Å². The van der Waals surface area contributed by atoms with Gasteiger partial charge in [-0.1, -0.05) is 11.8 Å². The van der Waals surface area contributed by atoms with Gasteiger partial charge in [0.2, 0.25) is 0 Å². The summed E-state index contributed by atoms with van der Waals surface area (Å²) in [6.45, 7) is 0.0421. The highest BCUT2D eigenvalue weighted by atomic mass is 19.4. The van der Waals surface area contributed by atoms with Crippen molar-refractivity contribution >= 4 is 0 Å². The number of aromatic nitrogens is 1. The highest BCUT2D eigenvalue weighted by molar-refractivity contribution is 5.35. The van der Waals surface area contributed by atoms with Gasteiger partial charge in [0.25, 0.3) is 5.56 Å². The Balaban J connectivity index is 3.23. The summed E-state index contributed by atoms with van der Waals surface area (Å²) in [5, 5.41) is 0. The van der Waals surface area contributed by atoms with E-state index in [-0.39, 0.29) is 12.1 Å². The van der Waals surface area contributed by atoms with E-state index in [4.69, 9.17) is 5.73 Å². The third-order valence-electron chi connectivity index (χ3n) is 1.54. The van der Waals surface area contributed by atoms with Gasteiger partial charge in [-0.05, 0) is 6.07 Å². The molecule has 15 heavy (non-hydrogen) atoms. The van der Waals surface area contributed by atoms with E-state index in [1.165, 1.54) is 0 Å². The third kappa shape index (κ3) is 2.86.